The van der Waals surface area contributed by atoms with Gasteiger partial charge >= 0.3 is 0 Å². The highest BCUT2D eigenvalue weighted by molar-refractivity contribution is 5.16. The standard InChI is InChI=1S/C15H24FN/c1-11(2)14(12(3)4)10-17-9-13-7-5-6-8-15(13)16/h5-8,11-12,14,17H,9-10H2,1-4H3. The Balaban J connectivity index is 2.44. The molecule has 1 aromatic rings. The van der Waals surface area contributed by atoms with Crippen LogP contribution in [0.1, 0.15) is 33.3 Å². The maximum Gasteiger partial charge on any atom is 0.127 e. The number of benzene rings is 1. The van der Waals surface area contributed by atoms with Gasteiger partial charge in [0.1, 0.15) is 5.82 Å². The molecule has 0 aliphatic carbocycles. The van der Waals surface area contributed by atoms with Crippen molar-refractivity contribution in [3.8, 4) is 0 Å². The van der Waals surface area contributed by atoms with Gasteiger partial charge in [0, 0.05) is 12.1 Å². The normalized spacial score (nSPS) is 11.8. The first-order chi connectivity index (χ1) is 8.02. The van der Waals surface area contributed by atoms with Gasteiger partial charge in [0.25, 0.3) is 0 Å². The molecule has 0 saturated carbocycles. The lowest BCUT2D eigenvalue weighted by Gasteiger charge is -2.25. The van der Waals surface area contributed by atoms with Crippen LogP contribution in [0.15, 0.2) is 24.3 Å². The second-order valence-electron chi connectivity index (χ2n) is 5.37. The fourth-order valence-corrected chi connectivity index (χ4v) is 2.26. The topological polar surface area (TPSA) is 12.0 Å². The molecule has 1 N–H and O–H groups in total. The Morgan fingerprint density at radius 3 is 2.18 bits per heavy atom. The molecule has 0 atom stereocenters. The van der Waals surface area contributed by atoms with Gasteiger partial charge in [-0.05, 0) is 30.4 Å². The Morgan fingerprint density at radius 1 is 1.06 bits per heavy atom. The second-order valence-corrected chi connectivity index (χ2v) is 5.37. The molecule has 0 aliphatic heterocycles. The summed E-state index contributed by atoms with van der Waals surface area (Å²) in [6.45, 7) is 10.5. The van der Waals surface area contributed by atoms with E-state index in [-0.39, 0.29) is 5.82 Å². The fourth-order valence-electron chi connectivity index (χ4n) is 2.26. The average molecular weight is 237 g/mol. The molecular weight excluding hydrogens is 213 g/mol. The van der Waals surface area contributed by atoms with E-state index in [0.29, 0.717) is 24.3 Å². The maximum atomic E-state index is 13.4. The lowest BCUT2D eigenvalue weighted by atomic mass is 9.85. The number of halogens is 1. The van der Waals surface area contributed by atoms with Crippen LogP contribution >= 0.6 is 0 Å². The van der Waals surface area contributed by atoms with Crippen molar-refractivity contribution in [3.63, 3.8) is 0 Å². The van der Waals surface area contributed by atoms with E-state index in [1.54, 1.807) is 6.07 Å². The molecule has 0 aromatic heterocycles. The molecule has 1 aromatic carbocycles. The van der Waals surface area contributed by atoms with Gasteiger partial charge in [0.05, 0.1) is 0 Å². The average Bonchev–Trinajstić information content (AvgIpc) is 2.25. The molecule has 2 heteroatoms. The number of rotatable bonds is 6. The van der Waals surface area contributed by atoms with E-state index in [1.165, 1.54) is 6.07 Å². The molecule has 17 heavy (non-hydrogen) atoms. The highest BCUT2D eigenvalue weighted by Crippen LogP contribution is 2.19. The van der Waals surface area contributed by atoms with Gasteiger partial charge in [0.15, 0.2) is 0 Å². The zero-order chi connectivity index (χ0) is 12.8. The molecule has 96 valence electrons. The Hall–Kier alpha value is -0.890. The lowest BCUT2D eigenvalue weighted by molar-refractivity contribution is 0.275. The summed E-state index contributed by atoms with van der Waals surface area (Å²) in [5.41, 5.74) is 0.749. The van der Waals surface area contributed by atoms with Gasteiger partial charge < -0.3 is 5.32 Å². The van der Waals surface area contributed by atoms with Crippen molar-refractivity contribution in [3.05, 3.63) is 35.6 Å². The predicted octanol–water partition coefficient (Wildman–Crippen LogP) is 3.84. The summed E-state index contributed by atoms with van der Waals surface area (Å²) in [4.78, 5) is 0. The van der Waals surface area contributed by atoms with Crippen molar-refractivity contribution in [2.45, 2.75) is 34.2 Å². The van der Waals surface area contributed by atoms with Crippen molar-refractivity contribution in [2.75, 3.05) is 6.54 Å². The second kappa shape index (κ2) is 6.75. The summed E-state index contributed by atoms with van der Waals surface area (Å²) in [5, 5.41) is 3.37. The van der Waals surface area contributed by atoms with Crippen LogP contribution in [-0.2, 0) is 6.54 Å². The summed E-state index contributed by atoms with van der Waals surface area (Å²) in [6, 6.07) is 6.95. The Kier molecular flexibility index (Phi) is 5.63. The van der Waals surface area contributed by atoms with Crippen molar-refractivity contribution in [2.24, 2.45) is 17.8 Å². The summed E-state index contributed by atoms with van der Waals surface area (Å²) in [7, 11) is 0. The Bertz CT molecular complexity index is 325. The maximum absolute atomic E-state index is 13.4. The van der Waals surface area contributed by atoms with Crippen molar-refractivity contribution < 1.29 is 4.39 Å². The molecule has 0 spiro atoms. The third-order valence-corrected chi connectivity index (χ3v) is 3.37. The minimum Gasteiger partial charge on any atom is -0.312 e. The van der Waals surface area contributed by atoms with E-state index < -0.39 is 0 Å². The SMILES string of the molecule is CC(C)C(CNCc1ccccc1F)C(C)C. The minimum absolute atomic E-state index is 0.120. The summed E-state index contributed by atoms with van der Waals surface area (Å²) in [6.07, 6.45) is 0. The van der Waals surface area contributed by atoms with Gasteiger partial charge in [-0.2, -0.15) is 0 Å². The van der Waals surface area contributed by atoms with E-state index in [4.69, 9.17) is 0 Å². The number of nitrogens with one attached hydrogen (secondary N) is 1. The highest BCUT2D eigenvalue weighted by Gasteiger charge is 2.16. The molecule has 0 aliphatic rings. The molecule has 0 bridgehead atoms. The summed E-state index contributed by atoms with van der Waals surface area (Å²) in [5.74, 6) is 1.83. The first-order valence-corrected chi connectivity index (χ1v) is 6.46. The van der Waals surface area contributed by atoms with Gasteiger partial charge in [-0.1, -0.05) is 45.9 Å². The molecule has 0 radical (unpaired) electrons. The van der Waals surface area contributed by atoms with E-state index in [9.17, 15) is 4.39 Å². The van der Waals surface area contributed by atoms with Crippen LogP contribution in [0.2, 0.25) is 0 Å². The molecule has 0 amide bonds. The molecule has 0 heterocycles. The van der Waals surface area contributed by atoms with Crippen LogP contribution in [-0.4, -0.2) is 6.54 Å². The van der Waals surface area contributed by atoms with Gasteiger partial charge in [-0.15, -0.1) is 0 Å². The van der Waals surface area contributed by atoms with Gasteiger partial charge in [-0.3, -0.25) is 0 Å². The predicted molar refractivity (Wildman–Crippen MR) is 71.3 cm³/mol. The highest BCUT2D eigenvalue weighted by atomic mass is 19.1. The van der Waals surface area contributed by atoms with E-state index >= 15 is 0 Å². The first kappa shape index (κ1) is 14.2. The lowest BCUT2D eigenvalue weighted by Crippen LogP contribution is -2.29. The zero-order valence-corrected chi connectivity index (χ0v) is 11.3. The van der Waals surface area contributed by atoms with Crippen LogP contribution < -0.4 is 5.32 Å². The van der Waals surface area contributed by atoms with Crippen molar-refractivity contribution >= 4 is 0 Å². The van der Waals surface area contributed by atoms with E-state index in [2.05, 4.69) is 33.0 Å². The minimum atomic E-state index is -0.120. The summed E-state index contributed by atoms with van der Waals surface area (Å²) < 4.78 is 13.4. The van der Waals surface area contributed by atoms with Crippen molar-refractivity contribution in [1.29, 1.82) is 0 Å². The fraction of sp³-hybridized carbons (Fsp3) is 0.600. The molecule has 1 rings (SSSR count). The molecular formula is C15H24FN. The van der Waals surface area contributed by atoms with E-state index in [0.717, 1.165) is 12.1 Å². The number of hydrogen-bond acceptors (Lipinski definition) is 1. The van der Waals surface area contributed by atoms with Crippen LogP contribution in [0.4, 0.5) is 4.39 Å². The smallest absolute Gasteiger partial charge is 0.127 e. The van der Waals surface area contributed by atoms with Crippen LogP contribution in [0.5, 0.6) is 0 Å². The molecule has 0 fully saturated rings. The van der Waals surface area contributed by atoms with E-state index in [1.807, 2.05) is 12.1 Å². The largest absolute Gasteiger partial charge is 0.312 e. The summed E-state index contributed by atoms with van der Waals surface area (Å²) >= 11 is 0. The Labute approximate surface area is 104 Å². The monoisotopic (exact) mass is 237 g/mol. The van der Waals surface area contributed by atoms with Crippen LogP contribution in [0, 0.1) is 23.6 Å². The third-order valence-electron chi connectivity index (χ3n) is 3.37. The van der Waals surface area contributed by atoms with Crippen molar-refractivity contribution in [1.82, 2.24) is 5.32 Å². The quantitative estimate of drug-likeness (QED) is 0.792. The molecule has 0 unspecified atom stereocenters. The molecule has 0 saturated heterocycles. The zero-order valence-electron chi connectivity index (χ0n) is 11.3. The van der Waals surface area contributed by atoms with Crippen LogP contribution in [0.25, 0.3) is 0 Å². The van der Waals surface area contributed by atoms with Gasteiger partial charge in [-0.25, -0.2) is 4.39 Å². The number of hydrogen-bond donors (Lipinski definition) is 1. The molecule has 1 nitrogen and oxygen atoms in total. The van der Waals surface area contributed by atoms with Crippen LogP contribution in [0.3, 0.4) is 0 Å². The van der Waals surface area contributed by atoms with Gasteiger partial charge in [0.2, 0.25) is 0 Å². The first-order valence-electron chi connectivity index (χ1n) is 6.46. The Morgan fingerprint density at radius 2 is 1.65 bits per heavy atom. The third kappa shape index (κ3) is 4.47.